The summed E-state index contributed by atoms with van der Waals surface area (Å²) < 4.78 is 0. The second kappa shape index (κ2) is 4.73. The molecule has 20 heavy (non-hydrogen) atoms. The smallest absolute Gasteiger partial charge is 0.195 e. The largest absolute Gasteiger partial charge is 0.382 e. The maximum atomic E-state index is 12.5. The van der Waals surface area contributed by atoms with Gasteiger partial charge in [-0.2, -0.15) is 0 Å². The molecule has 0 saturated heterocycles. The minimum absolute atomic E-state index is 0.192. The second-order valence-corrected chi connectivity index (χ2v) is 5.37. The molecule has 2 nitrogen and oxygen atoms in total. The first kappa shape index (κ1) is 12.8. The number of carbonyl (C=O) groups is 1. The summed E-state index contributed by atoms with van der Waals surface area (Å²) in [5, 5.41) is 10.3. The summed E-state index contributed by atoms with van der Waals surface area (Å²) in [5.74, 6) is -0.192. The van der Waals surface area contributed by atoms with Gasteiger partial charge in [0.25, 0.3) is 0 Å². The molecule has 1 atom stereocenters. The van der Waals surface area contributed by atoms with Crippen LogP contribution in [0.4, 0.5) is 0 Å². The number of ketones is 1. The molecule has 2 aromatic carbocycles. The zero-order valence-electron chi connectivity index (χ0n) is 11.3. The Bertz CT molecular complexity index is 667. The molecule has 1 N–H and O–H groups in total. The molecule has 0 aromatic heterocycles. The summed E-state index contributed by atoms with van der Waals surface area (Å²) in [7, 11) is 0. The van der Waals surface area contributed by atoms with Gasteiger partial charge in [-0.3, -0.25) is 4.79 Å². The first-order valence-electron chi connectivity index (χ1n) is 6.71. The van der Waals surface area contributed by atoms with Crippen LogP contribution >= 0.6 is 0 Å². The molecule has 1 aliphatic rings. The van der Waals surface area contributed by atoms with E-state index in [1.165, 1.54) is 0 Å². The van der Waals surface area contributed by atoms with Crippen molar-refractivity contribution in [3.05, 3.63) is 71.8 Å². The first-order chi connectivity index (χ1) is 9.59. The van der Waals surface area contributed by atoms with E-state index in [9.17, 15) is 9.90 Å². The summed E-state index contributed by atoms with van der Waals surface area (Å²) in [6.45, 7) is 1.59. The van der Waals surface area contributed by atoms with Crippen LogP contribution in [0.3, 0.4) is 0 Å². The van der Waals surface area contributed by atoms with Gasteiger partial charge >= 0.3 is 0 Å². The molecule has 0 aliphatic heterocycles. The average Bonchev–Trinajstić information content (AvgIpc) is 2.72. The molecule has 2 heteroatoms. The lowest BCUT2D eigenvalue weighted by Gasteiger charge is -2.14. The van der Waals surface area contributed by atoms with Crippen LogP contribution in [0.15, 0.2) is 60.7 Å². The Labute approximate surface area is 118 Å². The van der Waals surface area contributed by atoms with Crippen molar-refractivity contribution < 1.29 is 9.90 Å². The van der Waals surface area contributed by atoms with Gasteiger partial charge in [0.15, 0.2) is 5.78 Å². The van der Waals surface area contributed by atoms with E-state index in [0.29, 0.717) is 12.0 Å². The predicted octanol–water partition coefficient (Wildman–Crippen LogP) is 3.32. The third-order valence-electron chi connectivity index (χ3n) is 3.72. The standard InChI is InChI=1S/C18H16O2/c1-18(20)12-15(13-8-4-2-5-9-13)16(17(18)19)14-10-6-3-7-11-14/h2-11,20H,12H2,1H3. The van der Waals surface area contributed by atoms with E-state index in [1.54, 1.807) is 6.92 Å². The zero-order chi connectivity index (χ0) is 14.2. The molecular formula is C18H16O2. The van der Waals surface area contributed by atoms with Gasteiger partial charge in [0.05, 0.1) is 0 Å². The number of benzene rings is 2. The Hall–Kier alpha value is -2.19. The Morgan fingerprint density at radius 3 is 1.95 bits per heavy atom. The van der Waals surface area contributed by atoms with Crippen molar-refractivity contribution in [3.8, 4) is 0 Å². The van der Waals surface area contributed by atoms with Crippen LogP contribution in [0, 0.1) is 0 Å². The van der Waals surface area contributed by atoms with Gasteiger partial charge in [-0.25, -0.2) is 0 Å². The van der Waals surface area contributed by atoms with Gasteiger partial charge in [-0.15, -0.1) is 0 Å². The molecule has 3 rings (SSSR count). The lowest BCUT2D eigenvalue weighted by molar-refractivity contribution is -0.127. The SMILES string of the molecule is CC1(O)CC(c2ccccc2)=C(c2ccccc2)C1=O. The molecule has 100 valence electrons. The monoisotopic (exact) mass is 264 g/mol. The number of Topliss-reactive ketones (excluding diaryl/α,β-unsaturated/α-hetero) is 1. The molecule has 1 aliphatic carbocycles. The third-order valence-corrected chi connectivity index (χ3v) is 3.72. The van der Waals surface area contributed by atoms with Crippen LogP contribution in [0.5, 0.6) is 0 Å². The molecule has 2 aromatic rings. The molecule has 0 saturated carbocycles. The molecular weight excluding hydrogens is 248 g/mol. The van der Waals surface area contributed by atoms with Crippen molar-refractivity contribution in [2.75, 3.05) is 0 Å². The topological polar surface area (TPSA) is 37.3 Å². The highest BCUT2D eigenvalue weighted by Crippen LogP contribution is 2.42. The third kappa shape index (κ3) is 2.08. The van der Waals surface area contributed by atoms with Gasteiger partial charge in [-0.1, -0.05) is 60.7 Å². The Morgan fingerprint density at radius 1 is 0.900 bits per heavy atom. The summed E-state index contributed by atoms with van der Waals surface area (Å²) in [6, 6.07) is 19.4. The molecule has 0 spiro atoms. The van der Waals surface area contributed by atoms with E-state index in [-0.39, 0.29) is 5.78 Å². The Kier molecular flexibility index (Phi) is 3.03. The molecule has 0 fully saturated rings. The minimum Gasteiger partial charge on any atom is -0.382 e. The van der Waals surface area contributed by atoms with Gasteiger partial charge in [0.2, 0.25) is 0 Å². The molecule has 0 amide bonds. The molecule has 0 radical (unpaired) electrons. The highest BCUT2D eigenvalue weighted by atomic mass is 16.3. The number of carbonyl (C=O) groups excluding carboxylic acids is 1. The number of rotatable bonds is 2. The Balaban J connectivity index is 2.20. The van der Waals surface area contributed by atoms with E-state index in [0.717, 1.165) is 16.7 Å². The van der Waals surface area contributed by atoms with Crippen molar-refractivity contribution in [1.29, 1.82) is 0 Å². The van der Waals surface area contributed by atoms with Gasteiger partial charge < -0.3 is 5.11 Å². The van der Waals surface area contributed by atoms with Crippen LogP contribution in [0.25, 0.3) is 11.1 Å². The van der Waals surface area contributed by atoms with E-state index in [2.05, 4.69) is 0 Å². The highest BCUT2D eigenvalue weighted by Gasteiger charge is 2.42. The van der Waals surface area contributed by atoms with Crippen molar-refractivity contribution in [2.24, 2.45) is 0 Å². The summed E-state index contributed by atoms with van der Waals surface area (Å²) in [6.07, 6.45) is 0.361. The summed E-state index contributed by atoms with van der Waals surface area (Å²) >= 11 is 0. The maximum absolute atomic E-state index is 12.5. The van der Waals surface area contributed by atoms with Crippen molar-refractivity contribution in [2.45, 2.75) is 18.9 Å². The van der Waals surface area contributed by atoms with E-state index < -0.39 is 5.60 Å². The van der Waals surface area contributed by atoms with E-state index >= 15 is 0 Å². The lowest BCUT2D eigenvalue weighted by atomic mass is 9.96. The summed E-state index contributed by atoms with van der Waals surface area (Å²) in [5.41, 5.74) is 2.12. The Morgan fingerprint density at radius 2 is 1.40 bits per heavy atom. The second-order valence-electron chi connectivity index (χ2n) is 5.37. The predicted molar refractivity (Wildman–Crippen MR) is 79.9 cm³/mol. The first-order valence-corrected chi connectivity index (χ1v) is 6.71. The fourth-order valence-electron chi connectivity index (χ4n) is 2.72. The molecule has 0 bridgehead atoms. The van der Waals surface area contributed by atoms with Crippen molar-refractivity contribution in [1.82, 2.24) is 0 Å². The van der Waals surface area contributed by atoms with Gasteiger partial charge in [0.1, 0.15) is 5.60 Å². The quantitative estimate of drug-likeness (QED) is 0.903. The highest BCUT2D eigenvalue weighted by molar-refractivity contribution is 6.34. The van der Waals surface area contributed by atoms with E-state index in [1.807, 2.05) is 60.7 Å². The van der Waals surface area contributed by atoms with Crippen LogP contribution in [0.1, 0.15) is 24.5 Å². The minimum atomic E-state index is -1.31. The lowest BCUT2D eigenvalue weighted by Crippen LogP contribution is -2.30. The molecule has 1 unspecified atom stereocenters. The normalized spacial score (nSPS) is 22.4. The number of aliphatic hydroxyl groups is 1. The fourth-order valence-corrected chi connectivity index (χ4v) is 2.72. The average molecular weight is 264 g/mol. The van der Waals surface area contributed by atoms with Crippen LogP contribution in [-0.2, 0) is 4.79 Å². The van der Waals surface area contributed by atoms with Crippen molar-refractivity contribution in [3.63, 3.8) is 0 Å². The van der Waals surface area contributed by atoms with Crippen LogP contribution in [-0.4, -0.2) is 16.5 Å². The zero-order valence-corrected chi connectivity index (χ0v) is 11.3. The number of hydrogen-bond donors (Lipinski definition) is 1. The van der Waals surface area contributed by atoms with E-state index in [4.69, 9.17) is 0 Å². The van der Waals surface area contributed by atoms with Crippen molar-refractivity contribution >= 4 is 16.9 Å². The number of hydrogen-bond acceptors (Lipinski definition) is 2. The molecule has 0 heterocycles. The van der Waals surface area contributed by atoms with Gasteiger partial charge in [-0.05, 0) is 23.6 Å². The van der Waals surface area contributed by atoms with Crippen LogP contribution in [0.2, 0.25) is 0 Å². The van der Waals surface area contributed by atoms with Crippen LogP contribution < -0.4 is 0 Å². The summed E-state index contributed by atoms with van der Waals surface area (Å²) in [4.78, 5) is 12.5. The van der Waals surface area contributed by atoms with Gasteiger partial charge in [0, 0.05) is 12.0 Å². The maximum Gasteiger partial charge on any atom is 0.195 e. The fraction of sp³-hybridized carbons (Fsp3) is 0.167.